The van der Waals surface area contributed by atoms with Gasteiger partial charge in [-0.1, -0.05) is 96.4 Å². The lowest BCUT2D eigenvalue weighted by Gasteiger charge is -2.33. The summed E-state index contributed by atoms with van der Waals surface area (Å²) in [5.74, 6) is -6.23. The zero-order valence-electron chi connectivity index (χ0n) is 45.7. The number of nitrogens with zero attached hydrogens (tertiary/aromatic N) is 2. The minimum atomic E-state index is -2.57. The van der Waals surface area contributed by atoms with E-state index in [1.807, 2.05) is 26.8 Å². The van der Waals surface area contributed by atoms with Crippen LogP contribution in [0.2, 0.25) is 0 Å². The Morgan fingerprint density at radius 3 is 2.12 bits per heavy atom. The Bertz CT molecular complexity index is 2130. The van der Waals surface area contributed by atoms with Crippen LogP contribution in [0.4, 0.5) is 4.79 Å². The van der Waals surface area contributed by atoms with Crippen molar-refractivity contribution in [3.05, 3.63) is 59.2 Å². The number of hydrogen-bond acceptors (Lipinski definition) is 13. The molecule has 0 radical (unpaired) electrons. The molecular formula is C53H85N6O13P. The van der Waals surface area contributed by atoms with E-state index in [2.05, 4.69) is 21.3 Å². The number of esters is 2. The molecule has 1 heterocycles. The van der Waals surface area contributed by atoms with Gasteiger partial charge in [-0.2, -0.15) is 0 Å². The van der Waals surface area contributed by atoms with Crippen LogP contribution >= 0.6 is 7.37 Å². The van der Waals surface area contributed by atoms with E-state index in [1.165, 1.54) is 45.8 Å². The van der Waals surface area contributed by atoms with Crippen LogP contribution in [0.1, 0.15) is 120 Å². The molecule has 1 aromatic rings. The van der Waals surface area contributed by atoms with Crippen molar-refractivity contribution >= 4 is 54.9 Å². The summed E-state index contributed by atoms with van der Waals surface area (Å²) in [4.78, 5) is 113. The van der Waals surface area contributed by atoms with Crippen LogP contribution in [-0.4, -0.2) is 147 Å². The number of ether oxygens (including phenoxy) is 3. The molecule has 20 heteroatoms. The van der Waals surface area contributed by atoms with Crippen LogP contribution in [0.15, 0.2) is 53.6 Å². The largest absolute Gasteiger partial charge is 0.456 e. The van der Waals surface area contributed by atoms with Gasteiger partial charge in [0.2, 0.25) is 23.6 Å². The van der Waals surface area contributed by atoms with Gasteiger partial charge in [-0.05, 0) is 76.9 Å². The highest BCUT2D eigenvalue weighted by atomic mass is 31.2. The number of rotatable bonds is 16. The number of likely N-dealkylation sites (N-methyl/N-ethyl adjacent to an activating group) is 2. The number of benzene rings is 1. The van der Waals surface area contributed by atoms with Crippen LogP contribution in [-0.2, 0) is 63.3 Å². The number of carbonyl (C=O) groups is 8. The van der Waals surface area contributed by atoms with E-state index in [0.717, 1.165) is 23.3 Å². The van der Waals surface area contributed by atoms with Crippen molar-refractivity contribution in [2.24, 2.45) is 17.8 Å². The smallest absolute Gasteiger partial charge is 0.407 e. The first-order valence-electron chi connectivity index (χ1n) is 25.5. The molecule has 2 rings (SSSR count). The van der Waals surface area contributed by atoms with Crippen molar-refractivity contribution in [3.8, 4) is 0 Å². The van der Waals surface area contributed by atoms with Crippen molar-refractivity contribution in [2.75, 3.05) is 47.1 Å². The lowest BCUT2D eigenvalue weighted by molar-refractivity contribution is -0.155. The molecule has 0 saturated heterocycles. The molecular weight excluding hydrogens is 960 g/mol. The minimum Gasteiger partial charge on any atom is -0.456 e. The fourth-order valence-corrected chi connectivity index (χ4v) is 8.50. The number of alkyl carbamates (subject to hydrolysis) is 1. The standard InChI is InChI=1S/C53H85N6O13P/c1-15-34(5)45-48(62)56-39(10)52(66)72-46(35(6)16-2)37(8)42(71-53(67)54-28-22-17-18-23-29-69-73(13,14)68)27-26-36(7)51(65)70-43(30-33(3)4)47(61)55-38(9)49(63)59(12)41(31-40-24-20-19-21-25-40)50(64)58(11)32-44(60)57-45/h16,19-21,24-26,33-34,37-39,41-43,45-46H,15,17-18,22-23,27-32H2,1-14H3,(H,54,67)(H,55,61)(H,56,62)(H,57,60)/b35-16+,36-26+/t34?,37-,38-,39+,41+,42-,43+,45-,46+/m0/s1. The molecule has 0 spiro atoms. The third kappa shape index (κ3) is 22.2. The molecule has 1 aliphatic rings. The zero-order chi connectivity index (χ0) is 55.2. The number of unbranched alkanes of at least 4 members (excludes halogenated alkanes) is 3. The van der Waals surface area contributed by atoms with Gasteiger partial charge in [0, 0.05) is 58.3 Å². The summed E-state index contributed by atoms with van der Waals surface area (Å²) in [5.41, 5.74) is 1.41. The van der Waals surface area contributed by atoms with E-state index < -0.39 is 116 Å². The lowest BCUT2D eigenvalue weighted by atomic mass is 9.90. The maximum absolute atomic E-state index is 14.3. The van der Waals surface area contributed by atoms with Crippen LogP contribution in [0, 0.1) is 17.8 Å². The van der Waals surface area contributed by atoms with Crippen molar-refractivity contribution in [2.45, 2.75) is 163 Å². The highest BCUT2D eigenvalue weighted by Gasteiger charge is 2.37. The van der Waals surface area contributed by atoms with Gasteiger partial charge in [0.25, 0.3) is 5.91 Å². The second kappa shape index (κ2) is 31.2. The van der Waals surface area contributed by atoms with Gasteiger partial charge < -0.3 is 49.8 Å². The zero-order valence-corrected chi connectivity index (χ0v) is 46.6. The molecule has 1 aromatic carbocycles. The van der Waals surface area contributed by atoms with Gasteiger partial charge in [0.15, 0.2) is 13.5 Å². The summed E-state index contributed by atoms with van der Waals surface area (Å²) in [7, 11) is 0.267. The first kappa shape index (κ1) is 63.6. The van der Waals surface area contributed by atoms with Gasteiger partial charge in [0.05, 0.1) is 13.2 Å². The van der Waals surface area contributed by atoms with Crippen LogP contribution in [0.5, 0.6) is 0 Å². The molecule has 0 bridgehead atoms. The molecule has 0 fully saturated rings. The van der Waals surface area contributed by atoms with Crippen LogP contribution in [0.3, 0.4) is 0 Å². The average Bonchev–Trinajstić information content (AvgIpc) is 3.33. The molecule has 6 amide bonds. The van der Waals surface area contributed by atoms with Crippen LogP contribution in [0.25, 0.3) is 0 Å². The Labute approximate surface area is 433 Å². The first-order valence-corrected chi connectivity index (χ1v) is 28.0. The molecule has 410 valence electrons. The van der Waals surface area contributed by atoms with Crippen molar-refractivity contribution in [1.29, 1.82) is 0 Å². The SMILES string of the molecule is C/C=C(\C)[C@H]1OC(=O)[C@@H](C)NC(=O)[C@H](C(C)CC)NC(=O)CN(C)C(=O)[C@@H](Cc2ccccc2)N(C)C(=O)[C@H](C)NC(=O)[C@@H](CC(C)C)OC(=O)/C(C)=C/C[C@H](OC(=O)NCCCCCCOP(C)(C)=O)[C@@H]1C. The van der Waals surface area contributed by atoms with Crippen LogP contribution < -0.4 is 21.3 Å². The third-order valence-electron chi connectivity index (χ3n) is 12.8. The van der Waals surface area contributed by atoms with Crippen molar-refractivity contribution in [3.63, 3.8) is 0 Å². The highest BCUT2D eigenvalue weighted by molar-refractivity contribution is 7.57. The third-order valence-corrected chi connectivity index (χ3v) is 13.6. The summed E-state index contributed by atoms with van der Waals surface area (Å²) >= 11 is 0. The predicted octanol–water partition coefficient (Wildman–Crippen LogP) is 6.09. The van der Waals surface area contributed by atoms with E-state index in [1.54, 1.807) is 71.4 Å². The number of amides is 6. The Kier molecular flexibility index (Phi) is 27.2. The van der Waals surface area contributed by atoms with Gasteiger partial charge >= 0.3 is 18.0 Å². The number of hydrogen-bond donors (Lipinski definition) is 4. The van der Waals surface area contributed by atoms with Crippen molar-refractivity contribution in [1.82, 2.24) is 31.1 Å². The summed E-state index contributed by atoms with van der Waals surface area (Å²) in [5, 5.41) is 10.9. The van der Waals surface area contributed by atoms with E-state index in [4.69, 9.17) is 18.7 Å². The molecule has 4 N–H and O–H groups in total. The molecule has 1 aliphatic heterocycles. The maximum atomic E-state index is 14.3. The summed E-state index contributed by atoms with van der Waals surface area (Å²) < 4.78 is 35.1. The molecule has 73 heavy (non-hydrogen) atoms. The van der Waals surface area contributed by atoms with E-state index in [0.29, 0.717) is 31.4 Å². The molecule has 1 unspecified atom stereocenters. The van der Waals surface area contributed by atoms with Crippen molar-refractivity contribution < 1.29 is 61.7 Å². The van der Waals surface area contributed by atoms with E-state index >= 15 is 0 Å². The lowest BCUT2D eigenvalue weighted by Crippen LogP contribution is -2.57. The molecule has 19 nitrogen and oxygen atoms in total. The summed E-state index contributed by atoms with van der Waals surface area (Å²) in [6.07, 6.45) is 2.63. The Morgan fingerprint density at radius 2 is 1.52 bits per heavy atom. The second-order valence-corrected chi connectivity index (χ2v) is 22.8. The molecule has 9 atom stereocenters. The van der Waals surface area contributed by atoms with Gasteiger partial charge in [-0.25, -0.2) is 14.4 Å². The first-order chi connectivity index (χ1) is 34.2. The Balaban J connectivity index is 2.63. The Morgan fingerprint density at radius 1 is 0.890 bits per heavy atom. The number of nitrogens with one attached hydrogen (secondary N) is 4. The summed E-state index contributed by atoms with van der Waals surface area (Å²) in [6.45, 7) is 20.2. The highest BCUT2D eigenvalue weighted by Crippen LogP contribution is 2.37. The molecule has 0 aromatic heterocycles. The average molecular weight is 1050 g/mol. The second-order valence-electron chi connectivity index (χ2n) is 20.0. The number of cyclic esters (lactones) is 2. The monoisotopic (exact) mass is 1040 g/mol. The predicted molar refractivity (Wildman–Crippen MR) is 279 cm³/mol. The van der Waals surface area contributed by atoms with E-state index in [-0.39, 0.29) is 37.3 Å². The number of carbonyl (C=O) groups excluding carboxylic acids is 8. The van der Waals surface area contributed by atoms with Gasteiger partial charge in [-0.15, -0.1) is 0 Å². The fourth-order valence-electron chi connectivity index (χ4n) is 7.93. The topological polar surface area (TPSA) is 245 Å². The number of allylic oxidation sites excluding steroid dienone is 1. The fraction of sp³-hybridized carbons (Fsp3) is 0.660. The normalized spacial score (nSPS) is 25.7. The molecule has 0 aliphatic carbocycles. The summed E-state index contributed by atoms with van der Waals surface area (Å²) in [6, 6.07) is 4.30. The molecule has 0 saturated carbocycles. The van der Waals surface area contributed by atoms with E-state index in [9.17, 15) is 42.9 Å². The minimum absolute atomic E-state index is 0.0567. The quantitative estimate of drug-likeness (QED) is 0.0483. The Hall–Kier alpha value is -5.55. The maximum Gasteiger partial charge on any atom is 0.407 e. The van der Waals surface area contributed by atoms with Gasteiger partial charge in [0.1, 0.15) is 36.4 Å². The van der Waals surface area contributed by atoms with Gasteiger partial charge in [-0.3, -0.25) is 28.5 Å².